The van der Waals surface area contributed by atoms with Gasteiger partial charge >= 0.3 is 0 Å². The third-order valence-electron chi connectivity index (χ3n) is 4.62. The molecule has 0 saturated heterocycles. The van der Waals surface area contributed by atoms with Gasteiger partial charge < -0.3 is 0 Å². The predicted octanol–water partition coefficient (Wildman–Crippen LogP) is 6.15. The number of benzene rings is 2. The van der Waals surface area contributed by atoms with Gasteiger partial charge in [0.05, 0.1) is 5.69 Å². The zero-order chi connectivity index (χ0) is 18.1. The lowest BCUT2D eigenvalue weighted by molar-refractivity contribution is 0.803. The standard InChI is InChI=1S/C21H25N3S/c1-13(2)16-11-8-12-17(14(3)4)19(16)24-20(22-23-21(24)25)18-10-7-6-9-15(18)5/h6-14H,1-5H3,(H,23,25). The molecule has 1 N–H and O–H groups in total. The molecule has 0 amide bonds. The molecule has 0 radical (unpaired) electrons. The van der Waals surface area contributed by atoms with E-state index in [0.29, 0.717) is 16.6 Å². The lowest BCUT2D eigenvalue weighted by Gasteiger charge is -2.21. The van der Waals surface area contributed by atoms with Crippen molar-refractivity contribution >= 4 is 12.2 Å². The average Bonchev–Trinajstić information content (AvgIpc) is 2.95. The van der Waals surface area contributed by atoms with Crippen LogP contribution in [0.4, 0.5) is 0 Å². The second-order valence-electron chi connectivity index (χ2n) is 7.10. The maximum absolute atomic E-state index is 5.64. The average molecular weight is 352 g/mol. The smallest absolute Gasteiger partial charge is 0.200 e. The molecule has 0 spiro atoms. The Bertz CT molecular complexity index is 922. The maximum atomic E-state index is 5.64. The lowest BCUT2D eigenvalue weighted by Crippen LogP contribution is -2.09. The number of aromatic nitrogens is 3. The summed E-state index contributed by atoms with van der Waals surface area (Å²) in [4.78, 5) is 0. The molecule has 0 aliphatic rings. The van der Waals surface area contributed by atoms with E-state index in [-0.39, 0.29) is 0 Å². The first-order chi connectivity index (χ1) is 11.9. The lowest BCUT2D eigenvalue weighted by atomic mass is 9.92. The molecule has 4 heteroatoms. The first kappa shape index (κ1) is 17.6. The summed E-state index contributed by atoms with van der Waals surface area (Å²) < 4.78 is 2.75. The topological polar surface area (TPSA) is 33.6 Å². The minimum absolute atomic E-state index is 0.398. The normalized spacial score (nSPS) is 11.5. The van der Waals surface area contributed by atoms with E-state index in [2.05, 4.69) is 79.7 Å². The molecule has 3 aromatic rings. The highest BCUT2D eigenvalue weighted by Gasteiger charge is 2.20. The van der Waals surface area contributed by atoms with E-state index in [1.165, 1.54) is 22.4 Å². The summed E-state index contributed by atoms with van der Waals surface area (Å²) in [5, 5.41) is 7.58. The van der Waals surface area contributed by atoms with Crippen molar-refractivity contribution < 1.29 is 0 Å². The Balaban J connectivity index is 2.38. The molecule has 0 aliphatic carbocycles. The van der Waals surface area contributed by atoms with E-state index in [0.717, 1.165) is 11.4 Å². The van der Waals surface area contributed by atoms with Gasteiger partial charge in [0.2, 0.25) is 0 Å². The van der Waals surface area contributed by atoms with Gasteiger partial charge in [-0.3, -0.25) is 9.67 Å². The Morgan fingerprint density at radius 1 is 0.920 bits per heavy atom. The van der Waals surface area contributed by atoms with Crippen molar-refractivity contribution in [3.05, 3.63) is 63.9 Å². The number of aryl methyl sites for hydroxylation is 1. The van der Waals surface area contributed by atoms with E-state index < -0.39 is 0 Å². The first-order valence-corrected chi connectivity index (χ1v) is 9.19. The highest BCUT2D eigenvalue weighted by molar-refractivity contribution is 7.71. The van der Waals surface area contributed by atoms with Gasteiger partial charge in [0.1, 0.15) is 0 Å². The molecule has 0 unspecified atom stereocenters. The number of para-hydroxylation sites is 1. The third-order valence-corrected chi connectivity index (χ3v) is 4.90. The van der Waals surface area contributed by atoms with Crippen LogP contribution in [0, 0.1) is 11.7 Å². The van der Waals surface area contributed by atoms with E-state index in [1.54, 1.807) is 0 Å². The molecule has 0 bridgehead atoms. The van der Waals surface area contributed by atoms with Gasteiger partial charge in [-0.25, -0.2) is 0 Å². The van der Waals surface area contributed by atoms with Gasteiger partial charge in [-0.2, -0.15) is 5.10 Å². The number of rotatable bonds is 4. The zero-order valence-corrected chi connectivity index (χ0v) is 16.3. The minimum atomic E-state index is 0.398. The third kappa shape index (κ3) is 3.19. The summed E-state index contributed by atoms with van der Waals surface area (Å²) in [5.74, 6) is 1.67. The summed E-state index contributed by atoms with van der Waals surface area (Å²) in [5.41, 5.74) is 6.04. The number of H-pyrrole nitrogens is 1. The van der Waals surface area contributed by atoms with Gasteiger partial charge in [0.15, 0.2) is 10.6 Å². The molecule has 0 atom stereocenters. The van der Waals surface area contributed by atoms with Crippen LogP contribution in [0.25, 0.3) is 17.1 Å². The van der Waals surface area contributed by atoms with Gasteiger partial charge in [-0.15, -0.1) is 0 Å². The van der Waals surface area contributed by atoms with E-state index in [1.807, 2.05) is 12.1 Å². The fraction of sp³-hybridized carbons (Fsp3) is 0.333. The van der Waals surface area contributed by atoms with Crippen LogP contribution < -0.4 is 0 Å². The first-order valence-electron chi connectivity index (χ1n) is 8.78. The molecule has 3 rings (SSSR count). The number of nitrogens with zero attached hydrogens (tertiary/aromatic N) is 2. The predicted molar refractivity (Wildman–Crippen MR) is 107 cm³/mol. The maximum Gasteiger partial charge on any atom is 0.200 e. The Morgan fingerprint density at radius 3 is 2.08 bits per heavy atom. The van der Waals surface area contributed by atoms with Crippen LogP contribution >= 0.6 is 12.2 Å². The van der Waals surface area contributed by atoms with Gasteiger partial charge in [-0.1, -0.05) is 70.2 Å². The highest BCUT2D eigenvalue weighted by atomic mass is 32.1. The van der Waals surface area contributed by atoms with Crippen LogP contribution in [0.2, 0.25) is 0 Å². The fourth-order valence-corrected chi connectivity index (χ4v) is 3.50. The van der Waals surface area contributed by atoms with Gasteiger partial charge in [0.25, 0.3) is 0 Å². The summed E-state index contributed by atoms with van der Waals surface area (Å²) >= 11 is 5.64. The van der Waals surface area contributed by atoms with Crippen molar-refractivity contribution in [1.82, 2.24) is 14.8 Å². The van der Waals surface area contributed by atoms with Gasteiger partial charge in [0, 0.05) is 5.56 Å². The van der Waals surface area contributed by atoms with Crippen LogP contribution in [-0.2, 0) is 0 Å². The highest BCUT2D eigenvalue weighted by Crippen LogP contribution is 2.34. The molecular formula is C21H25N3S. The summed E-state index contributed by atoms with van der Waals surface area (Å²) in [6, 6.07) is 14.8. The van der Waals surface area contributed by atoms with Crippen molar-refractivity contribution in [2.75, 3.05) is 0 Å². The van der Waals surface area contributed by atoms with Crippen molar-refractivity contribution in [3.63, 3.8) is 0 Å². The molecule has 25 heavy (non-hydrogen) atoms. The van der Waals surface area contributed by atoms with Crippen LogP contribution in [0.3, 0.4) is 0 Å². The van der Waals surface area contributed by atoms with E-state index in [9.17, 15) is 0 Å². The van der Waals surface area contributed by atoms with Crippen molar-refractivity contribution in [3.8, 4) is 17.1 Å². The Kier molecular flexibility index (Phi) is 4.91. The SMILES string of the molecule is Cc1ccccc1-c1n[nH]c(=S)n1-c1c(C(C)C)cccc1C(C)C. The molecule has 0 saturated carbocycles. The zero-order valence-electron chi connectivity index (χ0n) is 15.5. The number of aromatic amines is 1. The molecule has 0 aliphatic heterocycles. The van der Waals surface area contributed by atoms with Crippen LogP contribution in [0.15, 0.2) is 42.5 Å². The quantitative estimate of drug-likeness (QED) is 0.572. The number of nitrogens with one attached hydrogen (secondary N) is 1. The molecule has 1 heterocycles. The minimum Gasteiger partial charge on any atom is -0.268 e. The Labute approximate surface area is 154 Å². The van der Waals surface area contributed by atoms with Crippen molar-refractivity contribution in [2.24, 2.45) is 0 Å². The number of hydrogen-bond donors (Lipinski definition) is 1. The second-order valence-corrected chi connectivity index (χ2v) is 7.48. The molecular weight excluding hydrogens is 326 g/mol. The second kappa shape index (κ2) is 6.96. The molecule has 0 fully saturated rings. The largest absolute Gasteiger partial charge is 0.268 e. The molecule has 3 nitrogen and oxygen atoms in total. The Hall–Kier alpha value is -2.20. The van der Waals surface area contributed by atoms with Crippen LogP contribution in [-0.4, -0.2) is 14.8 Å². The van der Waals surface area contributed by atoms with Crippen molar-refractivity contribution in [1.29, 1.82) is 0 Å². The molecule has 1 aromatic heterocycles. The summed E-state index contributed by atoms with van der Waals surface area (Å²) in [7, 11) is 0. The fourth-order valence-electron chi connectivity index (χ4n) is 3.28. The van der Waals surface area contributed by atoms with Crippen molar-refractivity contribution in [2.45, 2.75) is 46.5 Å². The molecule has 130 valence electrons. The van der Waals surface area contributed by atoms with E-state index in [4.69, 9.17) is 12.2 Å². The summed E-state index contributed by atoms with van der Waals surface area (Å²) in [6.45, 7) is 11.0. The molecule has 2 aromatic carbocycles. The monoisotopic (exact) mass is 351 g/mol. The number of hydrogen-bond acceptors (Lipinski definition) is 2. The van der Waals surface area contributed by atoms with Gasteiger partial charge in [-0.05, 0) is 47.7 Å². The van der Waals surface area contributed by atoms with Crippen LogP contribution in [0.1, 0.15) is 56.2 Å². The van der Waals surface area contributed by atoms with Crippen LogP contribution in [0.5, 0.6) is 0 Å². The Morgan fingerprint density at radius 2 is 1.52 bits per heavy atom. The van der Waals surface area contributed by atoms with E-state index >= 15 is 0 Å². The summed E-state index contributed by atoms with van der Waals surface area (Å²) in [6.07, 6.45) is 0.